The molecule has 1 aliphatic rings. The first-order chi connectivity index (χ1) is 19.6. The van der Waals surface area contributed by atoms with Crippen LogP contribution in [0.5, 0.6) is 0 Å². The van der Waals surface area contributed by atoms with Crippen LogP contribution in [0.25, 0.3) is 0 Å². The summed E-state index contributed by atoms with van der Waals surface area (Å²) in [5, 5.41) is 0. The second-order valence-electron chi connectivity index (χ2n) is 10.8. The van der Waals surface area contributed by atoms with Crippen LogP contribution in [0.15, 0.2) is 24.3 Å². The normalized spacial score (nSPS) is 20.1. The molecule has 0 radical (unpaired) electrons. The van der Waals surface area contributed by atoms with Gasteiger partial charge in [0.1, 0.15) is 0 Å². The van der Waals surface area contributed by atoms with Gasteiger partial charge < -0.3 is 0 Å². The van der Waals surface area contributed by atoms with Crippen molar-refractivity contribution < 1.29 is 79.4 Å². The summed E-state index contributed by atoms with van der Waals surface area (Å²) in [4.78, 5) is 12.0. The monoisotopic (exact) mass is 676 g/mol. The zero-order valence-corrected chi connectivity index (χ0v) is 22.5. The molecule has 18 heteroatoms. The summed E-state index contributed by atoms with van der Waals surface area (Å²) in [6, 6.07) is 2.57. The average molecular weight is 676 g/mol. The van der Waals surface area contributed by atoms with Crippen molar-refractivity contribution >= 4 is 5.78 Å². The van der Waals surface area contributed by atoms with Gasteiger partial charge in [-0.15, -0.1) is 0 Å². The molecule has 1 saturated carbocycles. The van der Waals surface area contributed by atoms with E-state index in [-0.39, 0.29) is 12.3 Å². The van der Waals surface area contributed by atoms with Crippen LogP contribution in [0, 0.1) is 11.8 Å². The SMILES string of the molecule is CCCC1CCC(CCc2ccc(C(=O)C(F)(F)C(F)(F)C(F)(F)C(F)(F)C(F)(F)C(F)(F)C(F)(F)C(F)(F)F)cc2)CC1. The van der Waals surface area contributed by atoms with Gasteiger partial charge in [-0.05, 0) is 30.2 Å². The van der Waals surface area contributed by atoms with Crippen molar-refractivity contribution in [2.24, 2.45) is 11.8 Å². The number of benzene rings is 1. The van der Waals surface area contributed by atoms with Gasteiger partial charge in [0.05, 0.1) is 0 Å². The Kier molecular flexibility index (Phi) is 10.5. The number of halogens is 17. The molecule has 0 atom stereocenters. The Balaban J connectivity index is 2.30. The maximum atomic E-state index is 14.3. The van der Waals surface area contributed by atoms with Gasteiger partial charge in [0, 0.05) is 5.56 Å². The predicted octanol–water partition coefficient (Wildman–Crippen LogP) is 10.4. The molecule has 1 nitrogen and oxygen atoms in total. The maximum Gasteiger partial charge on any atom is 0.460 e. The highest BCUT2D eigenvalue weighted by atomic mass is 19.4. The van der Waals surface area contributed by atoms with E-state index in [0.29, 0.717) is 30.0 Å². The van der Waals surface area contributed by atoms with Crippen LogP contribution < -0.4 is 0 Å². The number of rotatable bonds is 13. The molecule has 1 aliphatic carbocycles. The summed E-state index contributed by atoms with van der Waals surface area (Å²) in [6.45, 7) is 2.05. The number of carbonyl (C=O) groups is 1. The van der Waals surface area contributed by atoms with Gasteiger partial charge in [-0.3, -0.25) is 4.79 Å². The number of alkyl halides is 17. The fourth-order valence-corrected chi connectivity index (χ4v) is 4.90. The summed E-state index contributed by atoms with van der Waals surface area (Å²) in [6.07, 6.45) is -1.14. The smallest absolute Gasteiger partial charge is 0.287 e. The molecule has 0 aromatic heterocycles. The van der Waals surface area contributed by atoms with Gasteiger partial charge >= 0.3 is 47.6 Å². The zero-order valence-electron chi connectivity index (χ0n) is 22.5. The van der Waals surface area contributed by atoms with Crippen LogP contribution >= 0.6 is 0 Å². The van der Waals surface area contributed by atoms with E-state index in [1.165, 1.54) is 0 Å². The summed E-state index contributed by atoms with van der Waals surface area (Å²) >= 11 is 0. The summed E-state index contributed by atoms with van der Waals surface area (Å²) in [5.41, 5.74) is -1.23. The minimum atomic E-state index is -8.73. The largest absolute Gasteiger partial charge is 0.460 e. The van der Waals surface area contributed by atoms with Gasteiger partial charge in [-0.25, -0.2) is 0 Å². The fourth-order valence-electron chi connectivity index (χ4n) is 4.90. The predicted molar refractivity (Wildman–Crippen MR) is 120 cm³/mol. The quantitative estimate of drug-likeness (QED) is 0.150. The van der Waals surface area contributed by atoms with Crippen molar-refractivity contribution in [3.63, 3.8) is 0 Å². The van der Waals surface area contributed by atoms with Crippen molar-refractivity contribution in [3.05, 3.63) is 35.4 Å². The Hall–Kier alpha value is -2.30. The van der Waals surface area contributed by atoms with Crippen molar-refractivity contribution in [3.8, 4) is 0 Å². The van der Waals surface area contributed by atoms with Crippen LogP contribution in [0.4, 0.5) is 74.6 Å². The topological polar surface area (TPSA) is 17.1 Å². The lowest BCUT2D eigenvalue weighted by molar-refractivity contribution is -0.459. The first kappa shape index (κ1) is 37.9. The second-order valence-corrected chi connectivity index (χ2v) is 10.8. The highest BCUT2D eigenvalue weighted by Crippen LogP contribution is 2.64. The molecule has 0 heterocycles. The zero-order chi connectivity index (χ0) is 34.4. The standard InChI is InChI=1S/C26H25F17O/c1-2-3-14-4-6-15(7-5-14)8-9-16-10-12-17(13-11-16)18(44)19(27,28)20(29,30)21(31,32)22(33,34)23(35,36)24(37,38)25(39,40)26(41,42)43/h10-15H,2-9H2,1H3. The number of hydrogen-bond acceptors (Lipinski definition) is 1. The number of aryl methyl sites for hydroxylation is 1. The van der Waals surface area contributed by atoms with Crippen molar-refractivity contribution in [1.82, 2.24) is 0 Å². The van der Waals surface area contributed by atoms with Gasteiger partial charge in [0.15, 0.2) is 0 Å². The Labute approximate surface area is 239 Å². The number of hydrogen-bond donors (Lipinski definition) is 0. The van der Waals surface area contributed by atoms with Crippen LogP contribution in [-0.4, -0.2) is 53.4 Å². The molecule has 0 N–H and O–H groups in total. The summed E-state index contributed by atoms with van der Waals surface area (Å²) in [7, 11) is 0. The molecule has 0 amide bonds. The van der Waals surface area contributed by atoms with Gasteiger partial charge in [0.2, 0.25) is 5.78 Å². The van der Waals surface area contributed by atoms with Crippen LogP contribution in [0.2, 0.25) is 0 Å². The molecule has 0 saturated heterocycles. The van der Waals surface area contributed by atoms with E-state index in [2.05, 4.69) is 0 Å². The molecule has 44 heavy (non-hydrogen) atoms. The van der Waals surface area contributed by atoms with Crippen molar-refractivity contribution in [2.45, 2.75) is 106 Å². The number of ketones is 1. The first-order valence-electron chi connectivity index (χ1n) is 13.0. The molecule has 0 unspecified atom stereocenters. The minimum Gasteiger partial charge on any atom is -0.287 e. The Morgan fingerprint density at radius 3 is 1.32 bits per heavy atom. The number of Topliss-reactive ketones (excluding diaryl/α,β-unsaturated/α-hetero) is 1. The average Bonchev–Trinajstić information content (AvgIpc) is 2.91. The summed E-state index contributed by atoms with van der Waals surface area (Å²) in [5.74, 6) is -60.5. The highest BCUT2D eigenvalue weighted by molar-refractivity contribution is 6.02. The van der Waals surface area contributed by atoms with Crippen LogP contribution in [0.3, 0.4) is 0 Å². The third-order valence-electron chi connectivity index (χ3n) is 7.73. The molecule has 1 fully saturated rings. The third-order valence-corrected chi connectivity index (χ3v) is 7.73. The van der Waals surface area contributed by atoms with E-state index >= 15 is 0 Å². The number of carbonyl (C=O) groups excluding carboxylic acids is 1. The maximum absolute atomic E-state index is 14.3. The van der Waals surface area contributed by atoms with E-state index in [4.69, 9.17) is 0 Å². The van der Waals surface area contributed by atoms with E-state index in [0.717, 1.165) is 50.7 Å². The van der Waals surface area contributed by atoms with E-state index in [1.54, 1.807) is 0 Å². The lowest BCUT2D eigenvalue weighted by Gasteiger charge is -2.42. The minimum absolute atomic E-state index is 0.276. The van der Waals surface area contributed by atoms with Crippen LogP contribution in [0.1, 0.15) is 67.8 Å². The Bertz CT molecular complexity index is 1130. The van der Waals surface area contributed by atoms with Crippen molar-refractivity contribution in [2.75, 3.05) is 0 Å². The Morgan fingerprint density at radius 1 is 0.568 bits per heavy atom. The van der Waals surface area contributed by atoms with Gasteiger partial charge in [-0.1, -0.05) is 69.7 Å². The van der Waals surface area contributed by atoms with E-state index in [9.17, 15) is 79.4 Å². The molecule has 2 rings (SSSR count). The second kappa shape index (κ2) is 12.1. The lowest BCUT2D eigenvalue weighted by atomic mass is 9.78. The third kappa shape index (κ3) is 6.10. The Morgan fingerprint density at radius 2 is 0.932 bits per heavy atom. The molecular formula is C26H25F17O. The van der Waals surface area contributed by atoms with E-state index in [1.807, 2.05) is 6.92 Å². The molecule has 254 valence electrons. The van der Waals surface area contributed by atoms with Crippen molar-refractivity contribution in [1.29, 1.82) is 0 Å². The molecule has 1 aromatic rings. The molecular weight excluding hydrogens is 651 g/mol. The molecule has 0 bridgehead atoms. The van der Waals surface area contributed by atoms with E-state index < -0.39 is 59.0 Å². The van der Waals surface area contributed by atoms with Crippen LogP contribution in [-0.2, 0) is 6.42 Å². The summed E-state index contributed by atoms with van der Waals surface area (Å²) < 4.78 is 229. The molecule has 1 aromatic carbocycles. The first-order valence-corrected chi connectivity index (χ1v) is 13.0. The lowest BCUT2D eigenvalue weighted by Crippen LogP contribution is -2.75. The van der Waals surface area contributed by atoms with Gasteiger partial charge in [0.25, 0.3) is 0 Å². The highest BCUT2D eigenvalue weighted by Gasteiger charge is 2.95. The molecule has 0 spiro atoms. The molecule has 0 aliphatic heterocycles. The van der Waals surface area contributed by atoms with Gasteiger partial charge in [-0.2, -0.15) is 74.6 Å². The fraction of sp³-hybridized carbons (Fsp3) is 0.731.